The van der Waals surface area contributed by atoms with Gasteiger partial charge in [0.25, 0.3) is 5.71 Å². The molecule has 118 valence electrons. The zero-order valence-electron chi connectivity index (χ0n) is 13.6. The highest BCUT2D eigenvalue weighted by Crippen LogP contribution is 2.28. The number of carbonyl (C=O) groups excluding carboxylic acids is 1. The van der Waals surface area contributed by atoms with Gasteiger partial charge in [0.15, 0.2) is 0 Å². The molecule has 3 aromatic rings. The predicted octanol–water partition coefficient (Wildman–Crippen LogP) is 4.07. The van der Waals surface area contributed by atoms with Gasteiger partial charge in [-0.2, -0.15) is 0 Å². The Balaban J connectivity index is 2.18. The van der Waals surface area contributed by atoms with Gasteiger partial charge in [-0.1, -0.05) is 35.0 Å². The molecule has 5 nitrogen and oxygen atoms in total. The zero-order valence-corrected chi connectivity index (χ0v) is 13.6. The standard InChI is InChI=1S/C18H18N2O3/c1-10(2)22-18(21)14-9-15(13-7-5-11(3)6-8-13)19-17-16(14)12(4)20-23-17/h5-10H,1-4H3. The maximum absolute atomic E-state index is 12.4. The van der Waals surface area contributed by atoms with Crippen LogP contribution < -0.4 is 0 Å². The van der Waals surface area contributed by atoms with Crippen LogP contribution >= 0.6 is 0 Å². The van der Waals surface area contributed by atoms with Crippen LogP contribution in [0.3, 0.4) is 0 Å². The lowest BCUT2D eigenvalue weighted by molar-refractivity contribution is 0.0380. The second-order valence-electron chi connectivity index (χ2n) is 5.82. The fourth-order valence-corrected chi connectivity index (χ4v) is 2.41. The third kappa shape index (κ3) is 2.95. The highest BCUT2D eigenvalue weighted by molar-refractivity contribution is 6.04. The lowest BCUT2D eigenvalue weighted by atomic mass is 10.0. The SMILES string of the molecule is Cc1ccc(-c2cc(C(=O)OC(C)C)c3c(C)noc3n2)cc1. The molecular formula is C18H18N2O3. The Morgan fingerprint density at radius 2 is 1.87 bits per heavy atom. The summed E-state index contributed by atoms with van der Waals surface area (Å²) in [5.41, 5.74) is 4.12. The first-order chi connectivity index (χ1) is 11.0. The minimum Gasteiger partial charge on any atom is -0.459 e. The summed E-state index contributed by atoms with van der Waals surface area (Å²) in [4.78, 5) is 16.9. The normalized spacial score (nSPS) is 11.2. The molecule has 0 aliphatic carbocycles. The number of rotatable bonds is 3. The van der Waals surface area contributed by atoms with Crippen molar-refractivity contribution in [2.45, 2.75) is 33.8 Å². The van der Waals surface area contributed by atoms with E-state index in [1.807, 2.05) is 45.0 Å². The highest BCUT2D eigenvalue weighted by Gasteiger charge is 2.21. The molecule has 5 heteroatoms. The van der Waals surface area contributed by atoms with Crippen molar-refractivity contribution in [3.8, 4) is 11.3 Å². The first-order valence-corrected chi connectivity index (χ1v) is 7.50. The van der Waals surface area contributed by atoms with Gasteiger partial charge in [-0.15, -0.1) is 0 Å². The molecule has 0 aliphatic heterocycles. The smallest absolute Gasteiger partial charge is 0.339 e. The van der Waals surface area contributed by atoms with Crippen LogP contribution in [0.15, 0.2) is 34.9 Å². The van der Waals surface area contributed by atoms with E-state index in [1.165, 1.54) is 0 Å². The molecule has 0 atom stereocenters. The molecule has 0 spiro atoms. The highest BCUT2D eigenvalue weighted by atomic mass is 16.5. The van der Waals surface area contributed by atoms with Gasteiger partial charge >= 0.3 is 5.97 Å². The summed E-state index contributed by atoms with van der Waals surface area (Å²) in [6.45, 7) is 7.44. The maximum atomic E-state index is 12.4. The fourth-order valence-electron chi connectivity index (χ4n) is 2.41. The Morgan fingerprint density at radius 3 is 2.52 bits per heavy atom. The van der Waals surface area contributed by atoms with Crippen molar-refractivity contribution in [3.63, 3.8) is 0 Å². The van der Waals surface area contributed by atoms with E-state index in [0.29, 0.717) is 28.1 Å². The van der Waals surface area contributed by atoms with Crippen molar-refractivity contribution in [2.75, 3.05) is 0 Å². The molecule has 0 radical (unpaired) electrons. The van der Waals surface area contributed by atoms with Crippen LogP contribution in [-0.4, -0.2) is 22.2 Å². The Kier molecular flexibility index (Phi) is 3.86. The predicted molar refractivity (Wildman–Crippen MR) is 87.3 cm³/mol. The summed E-state index contributed by atoms with van der Waals surface area (Å²) >= 11 is 0. The molecule has 0 bridgehead atoms. The molecule has 0 saturated heterocycles. The number of esters is 1. The number of aromatic nitrogens is 2. The van der Waals surface area contributed by atoms with E-state index in [1.54, 1.807) is 13.0 Å². The van der Waals surface area contributed by atoms with Crippen LogP contribution in [0.25, 0.3) is 22.4 Å². The molecule has 3 rings (SSSR count). The number of carbonyl (C=O) groups is 1. The number of pyridine rings is 1. The molecule has 0 aliphatic rings. The Morgan fingerprint density at radius 1 is 1.17 bits per heavy atom. The van der Waals surface area contributed by atoms with E-state index >= 15 is 0 Å². The van der Waals surface area contributed by atoms with Crippen LogP contribution in [0.2, 0.25) is 0 Å². The van der Waals surface area contributed by atoms with Gasteiger partial charge in [0.1, 0.15) is 0 Å². The first-order valence-electron chi connectivity index (χ1n) is 7.50. The molecule has 1 aromatic carbocycles. The van der Waals surface area contributed by atoms with Gasteiger partial charge in [0.2, 0.25) is 0 Å². The zero-order chi connectivity index (χ0) is 16.6. The van der Waals surface area contributed by atoms with Crippen molar-refractivity contribution in [3.05, 3.63) is 47.2 Å². The molecule has 0 saturated carbocycles. The maximum Gasteiger partial charge on any atom is 0.339 e. The fraction of sp³-hybridized carbons (Fsp3) is 0.278. The number of benzene rings is 1. The summed E-state index contributed by atoms with van der Waals surface area (Å²) in [5, 5.41) is 4.52. The van der Waals surface area contributed by atoms with Crippen molar-refractivity contribution >= 4 is 17.1 Å². The molecule has 0 unspecified atom stereocenters. The summed E-state index contributed by atoms with van der Waals surface area (Å²) in [5.74, 6) is -0.396. The topological polar surface area (TPSA) is 65.2 Å². The number of ether oxygens (including phenoxy) is 1. The average molecular weight is 310 g/mol. The quantitative estimate of drug-likeness (QED) is 0.682. The van der Waals surface area contributed by atoms with Crippen LogP contribution in [0.4, 0.5) is 0 Å². The third-order valence-corrected chi connectivity index (χ3v) is 3.53. The average Bonchev–Trinajstić information content (AvgIpc) is 2.88. The summed E-state index contributed by atoms with van der Waals surface area (Å²) in [6.07, 6.45) is -0.200. The minimum absolute atomic E-state index is 0.200. The summed E-state index contributed by atoms with van der Waals surface area (Å²) in [6, 6.07) is 9.66. The minimum atomic E-state index is -0.396. The summed E-state index contributed by atoms with van der Waals surface area (Å²) in [7, 11) is 0. The number of aryl methyl sites for hydroxylation is 2. The van der Waals surface area contributed by atoms with E-state index < -0.39 is 5.97 Å². The molecule has 2 heterocycles. The van der Waals surface area contributed by atoms with E-state index in [4.69, 9.17) is 9.26 Å². The van der Waals surface area contributed by atoms with Gasteiger partial charge in [0, 0.05) is 5.56 Å². The molecule has 0 N–H and O–H groups in total. The molecule has 0 fully saturated rings. The van der Waals surface area contributed by atoms with Crippen molar-refractivity contribution < 1.29 is 14.1 Å². The van der Waals surface area contributed by atoms with Crippen molar-refractivity contribution in [1.29, 1.82) is 0 Å². The molecule has 2 aromatic heterocycles. The second kappa shape index (κ2) is 5.83. The van der Waals surface area contributed by atoms with Crippen LogP contribution in [0.1, 0.15) is 35.5 Å². The van der Waals surface area contributed by atoms with Crippen LogP contribution in [-0.2, 0) is 4.74 Å². The second-order valence-corrected chi connectivity index (χ2v) is 5.82. The van der Waals surface area contributed by atoms with Crippen LogP contribution in [0.5, 0.6) is 0 Å². The van der Waals surface area contributed by atoms with Crippen molar-refractivity contribution in [1.82, 2.24) is 10.1 Å². The van der Waals surface area contributed by atoms with Crippen molar-refractivity contribution in [2.24, 2.45) is 0 Å². The summed E-state index contributed by atoms with van der Waals surface area (Å²) < 4.78 is 10.6. The lowest BCUT2D eigenvalue weighted by Gasteiger charge is -2.10. The number of fused-ring (bicyclic) bond motifs is 1. The Labute approximate surface area is 134 Å². The van der Waals surface area contributed by atoms with E-state index in [-0.39, 0.29) is 6.10 Å². The Bertz CT molecular complexity index is 864. The number of hydrogen-bond acceptors (Lipinski definition) is 5. The third-order valence-electron chi connectivity index (χ3n) is 3.53. The molecule has 0 amide bonds. The van der Waals surface area contributed by atoms with Gasteiger partial charge < -0.3 is 9.26 Å². The number of hydrogen-bond donors (Lipinski definition) is 0. The number of nitrogens with zero attached hydrogens (tertiary/aromatic N) is 2. The van der Waals surface area contributed by atoms with Crippen LogP contribution in [0, 0.1) is 13.8 Å². The van der Waals surface area contributed by atoms with Gasteiger partial charge in [-0.3, -0.25) is 0 Å². The Hall–Kier alpha value is -2.69. The lowest BCUT2D eigenvalue weighted by Crippen LogP contribution is -2.12. The largest absolute Gasteiger partial charge is 0.459 e. The van der Waals surface area contributed by atoms with E-state index in [0.717, 1.165) is 11.1 Å². The van der Waals surface area contributed by atoms with Gasteiger partial charge in [-0.25, -0.2) is 9.78 Å². The van der Waals surface area contributed by atoms with E-state index in [2.05, 4.69) is 10.1 Å². The van der Waals surface area contributed by atoms with Gasteiger partial charge in [-0.05, 0) is 33.8 Å². The van der Waals surface area contributed by atoms with Gasteiger partial charge in [0.05, 0.1) is 28.4 Å². The molecule has 23 heavy (non-hydrogen) atoms. The van der Waals surface area contributed by atoms with E-state index in [9.17, 15) is 4.79 Å². The molecular weight excluding hydrogens is 292 g/mol. The first kappa shape index (κ1) is 15.2. The monoisotopic (exact) mass is 310 g/mol.